The van der Waals surface area contributed by atoms with E-state index in [1.807, 2.05) is 25.1 Å². The molecule has 3 nitrogen and oxygen atoms in total. The maximum Gasteiger partial charge on any atom is 0.157 e. The van der Waals surface area contributed by atoms with E-state index >= 15 is 0 Å². The van der Waals surface area contributed by atoms with E-state index in [1.165, 1.54) is 0 Å². The van der Waals surface area contributed by atoms with Gasteiger partial charge in [0.1, 0.15) is 10.4 Å². The molecule has 0 spiro atoms. The lowest BCUT2D eigenvalue weighted by Crippen LogP contribution is -1.99. The Morgan fingerprint density at radius 1 is 1.57 bits per heavy atom. The first kappa shape index (κ1) is 11.9. The van der Waals surface area contributed by atoms with Gasteiger partial charge in [-0.2, -0.15) is 0 Å². The van der Waals surface area contributed by atoms with Gasteiger partial charge in [0.2, 0.25) is 0 Å². The molecule has 0 saturated carbocycles. The SMILES string of the molecule is Cc1ccc(OCI)c(CS(=O)O)c1. The highest BCUT2D eigenvalue weighted by Gasteiger charge is 2.06. The zero-order valence-electron chi connectivity index (χ0n) is 7.70. The summed E-state index contributed by atoms with van der Waals surface area (Å²) in [6.45, 7) is 1.94. The molecule has 0 heterocycles. The molecule has 0 bridgehead atoms. The van der Waals surface area contributed by atoms with Crippen molar-refractivity contribution < 1.29 is 13.5 Å². The molecule has 1 unspecified atom stereocenters. The average molecular weight is 326 g/mol. The summed E-state index contributed by atoms with van der Waals surface area (Å²) >= 11 is 0.268. The zero-order chi connectivity index (χ0) is 10.6. The van der Waals surface area contributed by atoms with Crippen molar-refractivity contribution in [1.29, 1.82) is 0 Å². The Morgan fingerprint density at radius 3 is 2.86 bits per heavy atom. The van der Waals surface area contributed by atoms with Gasteiger partial charge in [-0.15, -0.1) is 0 Å². The molecule has 0 aliphatic rings. The Kier molecular flexibility index (Phi) is 4.83. The summed E-state index contributed by atoms with van der Waals surface area (Å²) in [6, 6.07) is 5.62. The minimum absolute atomic E-state index is 0.119. The predicted molar refractivity (Wildman–Crippen MR) is 65.2 cm³/mol. The van der Waals surface area contributed by atoms with Gasteiger partial charge in [0.25, 0.3) is 0 Å². The van der Waals surface area contributed by atoms with Crippen LogP contribution in [0.1, 0.15) is 11.1 Å². The van der Waals surface area contributed by atoms with Crippen LogP contribution in [0.2, 0.25) is 0 Å². The number of alkyl halides is 1. The van der Waals surface area contributed by atoms with Crippen LogP contribution in [0.15, 0.2) is 18.2 Å². The summed E-state index contributed by atoms with van der Waals surface area (Å²) in [5, 5.41) is 0. The normalized spacial score (nSPS) is 12.5. The van der Waals surface area contributed by atoms with Crippen molar-refractivity contribution in [3.05, 3.63) is 29.3 Å². The summed E-state index contributed by atoms with van der Waals surface area (Å²) in [7, 11) is 0. The second-order valence-corrected chi connectivity index (χ2v) is 4.38. The average Bonchev–Trinajstić information content (AvgIpc) is 2.09. The molecule has 0 aromatic heterocycles. The third kappa shape index (κ3) is 3.55. The van der Waals surface area contributed by atoms with Crippen molar-refractivity contribution >= 4 is 33.7 Å². The zero-order valence-corrected chi connectivity index (χ0v) is 10.7. The highest BCUT2D eigenvalue weighted by molar-refractivity contribution is 14.1. The van der Waals surface area contributed by atoms with E-state index in [0.717, 1.165) is 11.1 Å². The van der Waals surface area contributed by atoms with Crippen LogP contribution in [-0.2, 0) is 16.8 Å². The first-order valence-electron chi connectivity index (χ1n) is 3.99. The molecule has 1 rings (SSSR count). The van der Waals surface area contributed by atoms with E-state index in [-0.39, 0.29) is 5.75 Å². The van der Waals surface area contributed by atoms with E-state index in [0.29, 0.717) is 10.4 Å². The van der Waals surface area contributed by atoms with Gasteiger partial charge in [0.05, 0.1) is 5.75 Å². The van der Waals surface area contributed by atoms with Crippen LogP contribution in [0.25, 0.3) is 0 Å². The quantitative estimate of drug-likeness (QED) is 0.525. The van der Waals surface area contributed by atoms with Crippen molar-refractivity contribution in [2.75, 3.05) is 4.61 Å². The van der Waals surface area contributed by atoms with E-state index in [1.54, 1.807) is 0 Å². The van der Waals surface area contributed by atoms with Crippen molar-refractivity contribution in [2.45, 2.75) is 12.7 Å². The minimum atomic E-state index is -1.82. The summed E-state index contributed by atoms with van der Waals surface area (Å²) in [5.41, 5.74) is 1.84. The lowest BCUT2D eigenvalue weighted by molar-refractivity contribution is 0.400. The van der Waals surface area contributed by atoms with Crippen LogP contribution in [0.4, 0.5) is 0 Å². The molecule has 5 heteroatoms. The standard InChI is InChI=1S/C9H11IO3S/c1-7-2-3-9(13-6-10)8(4-7)5-14(11)12/h2-4H,5-6H2,1H3,(H,11,12). The van der Waals surface area contributed by atoms with Crippen molar-refractivity contribution in [3.63, 3.8) is 0 Å². The van der Waals surface area contributed by atoms with E-state index in [9.17, 15) is 4.21 Å². The minimum Gasteiger partial charge on any atom is -0.483 e. The van der Waals surface area contributed by atoms with E-state index < -0.39 is 11.1 Å². The molecule has 1 N–H and O–H groups in total. The number of hydrogen-bond donors (Lipinski definition) is 1. The number of benzene rings is 1. The fourth-order valence-corrected chi connectivity index (χ4v) is 1.98. The molecule has 0 saturated heterocycles. The van der Waals surface area contributed by atoms with Gasteiger partial charge in [-0.1, -0.05) is 17.7 Å². The van der Waals surface area contributed by atoms with Gasteiger partial charge < -0.3 is 9.29 Å². The molecule has 0 fully saturated rings. The molecular formula is C9H11IO3S. The molecule has 1 atom stereocenters. The summed E-state index contributed by atoms with van der Waals surface area (Å²) < 4.78 is 25.4. The van der Waals surface area contributed by atoms with Crippen molar-refractivity contribution in [2.24, 2.45) is 0 Å². The Morgan fingerprint density at radius 2 is 2.29 bits per heavy atom. The van der Waals surface area contributed by atoms with Gasteiger partial charge in [0.15, 0.2) is 11.1 Å². The fourth-order valence-electron chi connectivity index (χ4n) is 1.15. The molecule has 0 aliphatic heterocycles. The molecule has 1 aromatic rings. The molecular weight excluding hydrogens is 315 g/mol. The number of hydrogen-bond acceptors (Lipinski definition) is 2. The molecule has 14 heavy (non-hydrogen) atoms. The topological polar surface area (TPSA) is 46.5 Å². The van der Waals surface area contributed by atoms with Crippen LogP contribution in [-0.4, -0.2) is 13.4 Å². The molecule has 0 amide bonds. The van der Waals surface area contributed by atoms with E-state index in [4.69, 9.17) is 9.29 Å². The van der Waals surface area contributed by atoms with Gasteiger partial charge in [-0.05, 0) is 35.6 Å². The summed E-state index contributed by atoms with van der Waals surface area (Å²) in [6.07, 6.45) is 0. The molecule has 0 aliphatic carbocycles. The summed E-state index contributed by atoms with van der Waals surface area (Å²) in [4.78, 5) is 0. The Bertz CT molecular complexity index is 341. The van der Waals surface area contributed by atoms with Gasteiger partial charge >= 0.3 is 0 Å². The Hall–Kier alpha value is -0.140. The lowest BCUT2D eigenvalue weighted by Gasteiger charge is -2.08. The Labute approximate surface area is 99.3 Å². The second-order valence-electron chi connectivity index (χ2n) is 2.83. The predicted octanol–water partition coefficient (Wildman–Crippen LogP) is 2.49. The largest absolute Gasteiger partial charge is 0.483 e. The summed E-state index contributed by atoms with van der Waals surface area (Å²) in [5.74, 6) is 0.806. The monoisotopic (exact) mass is 326 g/mol. The van der Waals surface area contributed by atoms with Gasteiger partial charge in [-0.3, -0.25) is 0 Å². The van der Waals surface area contributed by atoms with Crippen LogP contribution < -0.4 is 4.74 Å². The second kappa shape index (κ2) is 5.67. The molecule has 0 radical (unpaired) electrons. The number of halogens is 1. The number of rotatable bonds is 4. The van der Waals surface area contributed by atoms with Crippen molar-refractivity contribution in [1.82, 2.24) is 0 Å². The fraction of sp³-hybridized carbons (Fsp3) is 0.333. The first-order valence-corrected chi connectivity index (χ1v) is 6.79. The van der Waals surface area contributed by atoms with Crippen molar-refractivity contribution in [3.8, 4) is 5.75 Å². The molecule has 1 aromatic carbocycles. The van der Waals surface area contributed by atoms with Crippen LogP contribution >= 0.6 is 22.6 Å². The lowest BCUT2D eigenvalue weighted by atomic mass is 10.1. The maximum absolute atomic E-state index is 10.7. The van der Waals surface area contributed by atoms with Gasteiger partial charge in [-0.25, -0.2) is 4.21 Å². The highest BCUT2D eigenvalue weighted by Crippen LogP contribution is 2.21. The van der Waals surface area contributed by atoms with Crippen LogP contribution in [0.5, 0.6) is 5.75 Å². The number of ether oxygens (including phenoxy) is 1. The van der Waals surface area contributed by atoms with Crippen LogP contribution in [0.3, 0.4) is 0 Å². The maximum atomic E-state index is 10.7. The van der Waals surface area contributed by atoms with Crippen LogP contribution in [0, 0.1) is 6.92 Å². The van der Waals surface area contributed by atoms with Gasteiger partial charge in [0, 0.05) is 5.56 Å². The first-order chi connectivity index (χ1) is 6.63. The third-order valence-corrected chi connectivity index (χ3v) is 2.57. The van der Waals surface area contributed by atoms with E-state index in [2.05, 4.69) is 22.6 Å². The Balaban J connectivity index is 2.96. The smallest absolute Gasteiger partial charge is 0.157 e. The number of aryl methyl sites for hydroxylation is 1. The molecule has 78 valence electrons. The third-order valence-electron chi connectivity index (χ3n) is 1.71. The highest BCUT2D eigenvalue weighted by atomic mass is 127.